The van der Waals surface area contributed by atoms with Crippen LogP contribution in [-0.2, 0) is 4.79 Å². The van der Waals surface area contributed by atoms with Crippen molar-refractivity contribution in [2.75, 3.05) is 19.7 Å². The van der Waals surface area contributed by atoms with Crippen molar-refractivity contribution < 1.29 is 9.90 Å². The SMILES string of the molecule is O=C(N1CCC(CO)CC1)C1(Br)CCC1. The highest BCUT2D eigenvalue weighted by Gasteiger charge is 2.44. The highest BCUT2D eigenvalue weighted by atomic mass is 79.9. The Kier molecular flexibility index (Phi) is 3.36. The number of hydrogen-bond donors (Lipinski definition) is 1. The molecule has 4 heteroatoms. The van der Waals surface area contributed by atoms with Crippen LogP contribution in [0.15, 0.2) is 0 Å². The van der Waals surface area contributed by atoms with Crippen molar-refractivity contribution in [3.8, 4) is 0 Å². The van der Waals surface area contributed by atoms with Crippen molar-refractivity contribution in [1.29, 1.82) is 0 Å². The molecule has 0 radical (unpaired) electrons. The Balaban J connectivity index is 1.87. The number of nitrogens with zero attached hydrogens (tertiary/aromatic N) is 1. The van der Waals surface area contributed by atoms with Gasteiger partial charge in [-0.2, -0.15) is 0 Å². The van der Waals surface area contributed by atoms with Crippen LogP contribution in [0.5, 0.6) is 0 Å². The van der Waals surface area contributed by atoms with Crippen molar-refractivity contribution in [1.82, 2.24) is 4.90 Å². The van der Waals surface area contributed by atoms with E-state index in [1.807, 2.05) is 4.90 Å². The van der Waals surface area contributed by atoms with E-state index in [2.05, 4.69) is 15.9 Å². The number of carbonyl (C=O) groups is 1. The van der Waals surface area contributed by atoms with Gasteiger partial charge in [-0.15, -0.1) is 0 Å². The molecule has 0 aromatic carbocycles. The topological polar surface area (TPSA) is 40.5 Å². The van der Waals surface area contributed by atoms with Gasteiger partial charge in [0.15, 0.2) is 0 Å². The van der Waals surface area contributed by atoms with Crippen LogP contribution < -0.4 is 0 Å². The van der Waals surface area contributed by atoms with E-state index in [9.17, 15) is 4.79 Å². The third kappa shape index (κ3) is 2.21. The van der Waals surface area contributed by atoms with Gasteiger partial charge in [-0.25, -0.2) is 0 Å². The minimum Gasteiger partial charge on any atom is -0.396 e. The average Bonchev–Trinajstić information content (AvgIpc) is 2.25. The molecule has 1 heterocycles. The minimum absolute atomic E-state index is 0.237. The normalized spacial score (nSPS) is 26.1. The number of rotatable bonds is 2. The van der Waals surface area contributed by atoms with Crippen LogP contribution in [0.1, 0.15) is 32.1 Å². The average molecular weight is 276 g/mol. The Bertz CT molecular complexity index is 245. The Morgan fingerprint density at radius 2 is 2.00 bits per heavy atom. The molecule has 0 aromatic heterocycles. The van der Waals surface area contributed by atoms with Crippen LogP contribution in [0.4, 0.5) is 0 Å². The molecular weight excluding hydrogens is 258 g/mol. The fourth-order valence-corrected chi connectivity index (χ4v) is 3.11. The number of piperidine rings is 1. The first-order chi connectivity index (χ1) is 7.15. The van der Waals surface area contributed by atoms with Gasteiger partial charge in [-0.05, 0) is 38.0 Å². The van der Waals surface area contributed by atoms with E-state index in [-0.39, 0.29) is 16.8 Å². The molecule has 1 saturated heterocycles. The number of amides is 1. The largest absolute Gasteiger partial charge is 0.396 e. The second-order valence-corrected chi connectivity index (χ2v) is 6.25. The van der Waals surface area contributed by atoms with Gasteiger partial charge in [0.2, 0.25) is 5.91 Å². The summed E-state index contributed by atoms with van der Waals surface area (Å²) in [7, 11) is 0. The molecular formula is C11H18BrNO2. The van der Waals surface area contributed by atoms with Crippen molar-refractivity contribution in [2.24, 2.45) is 5.92 Å². The molecule has 0 atom stereocenters. The highest BCUT2D eigenvalue weighted by molar-refractivity contribution is 9.10. The van der Waals surface area contributed by atoms with Gasteiger partial charge in [-0.1, -0.05) is 15.9 Å². The lowest BCUT2D eigenvalue weighted by molar-refractivity contribution is -0.137. The van der Waals surface area contributed by atoms with Crippen molar-refractivity contribution in [3.63, 3.8) is 0 Å². The molecule has 1 aliphatic carbocycles. The van der Waals surface area contributed by atoms with Crippen LogP contribution in [0.2, 0.25) is 0 Å². The van der Waals surface area contributed by atoms with Crippen LogP contribution in [0, 0.1) is 5.92 Å². The quantitative estimate of drug-likeness (QED) is 0.777. The summed E-state index contributed by atoms with van der Waals surface area (Å²) in [4.78, 5) is 14.1. The molecule has 2 aliphatic rings. The number of hydrogen-bond acceptors (Lipinski definition) is 2. The summed E-state index contributed by atoms with van der Waals surface area (Å²) >= 11 is 3.56. The van der Waals surface area contributed by atoms with Crippen LogP contribution in [0.3, 0.4) is 0 Å². The summed E-state index contributed by atoms with van der Waals surface area (Å²) in [6, 6.07) is 0. The van der Waals surface area contributed by atoms with E-state index in [4.69, 9.17) is 5.11 Å². The van der Waals surface area contributed by atoms with Crippen LogP contribution in [0.25, 0.3) is 0 Å². The fraction of sp³-hybridized carbons (Fsp3) is 0.909. The predicted molar refractivity (Wildman–Crippen MR) is 61.9 cm³/mol. The molecule has 2 rings (SSSR count). The van der Waals surface area contributed by atoms with E-state index < -0.39 is 0 Å². The number of likely N-dealkylation sites (tertiary alicyclic amines) is 1. The molecule has 1 saturated carbocycles. The molecule has 15 heavy (non-hydrogen) atoms. The van der Waals surface area contributed by atoms with Gasteiger partial charge in [-0.3, -0.25) is 4.79 Å². The van der Waals surface area contributed by atoms with E-state index in [0.29, 0.717) is 5.92 Å². The maximum Gasteiger partial charge on any atom is 0.239 e. The lowest BCUT2D eigenvalue weighted by Gasteiger charge is -2.41. The van der Waals surface area contributed by atoms with Crippen molar-refractivity contribution in [2.45, 2.75) is 36.4 Å². The van der Waals surface area contributed by atoms with Gasteiger partial charge in [0, 0.05) is 19.7 Å². The summed E-state index contributed by atoms with van der Waals surface area (Å²) < 4.78 is -0.237. The number of carbonyl (C=O) groups excluding carboxylic acids is 1. The first kappa shape index (κ1) is 11.4. The summed E-state index contributed by atoms with van der Waals surface area (Å²) in [6.07, 6.45) is 5.01. The van der Waals surface area contributed by atoms with Crippen molar-refractivity contribution in [3.05, 3.63) is 0 Å². The lowest BCUT2D eigenvalue weighted by atomic mass is 9.83. The fourth-order valence-electron chi connectivity index (χ4n) is 2.30. The molecule has 0 spiro atoms. The molecule has 0 aromatic rings. The first-order valence-electron chi connectivity index (χ1n) is 5.75. The zero-order valence-corrected chi connectivity index (χ0v) is 10.5. The van der Waals surface area contributed by atoms with Gasteiger partial charge >= 0.3 is 0 Å². The van der Waals surface area contributed by atoms with E-state index in [0.717, 1.165) is 45.2 Å². The molecule has 86 valence electrons. The van der Waals surface area contributed by atoms with E-state index in [1.165, 1.54) is 0 Å². The smallest absolute Gasteiger partial charge is 0.239 e. The second-order valence-electron chi connectivity index (χ2n) is 4.74. The third-order valence-corrected chi connectivity index (χ3v) is 4.82. The van der Waals surface area contributed by atoms with Gasteiger partial charge < -0.3 is 10.0 Å². The Morgan fingerprint density at radius 3 is 2.40 bits per heavy atom. The summed E-state index contributed by atoms with van der Waals surface area (Å²) in [5.74, 6) is 0.673. The molecule has 3 nitrogen and oxygen atoms in total. The maximum absolute atomic E-state index is 12.1. The Hall–Kier alpha value is -0.0900. The van der Waals surface area contributed by atoms with E-state index >= 15 is 0 Å². The number of aliphatic hydroxyl groups is 1. The standard InChI is InChI=1S/C11H18BrNO2/c12-11(4-1-5-11)10(15)13-6-2-9(8-14)3-7-13/h9,14H,1-8H2. The summed E-state index contributed by atoms with van der Waals surface area (Å²) in [5.41, 5.74) is 0. The van der Waals surface area contributed by atoms with Gasteiger partial charge in [0.1, 0.15) is 4.32 Å². The van der Waals surface area contributed by atoms with Crippen LogP contribution in [-0.4, -0.2) is 39.9 Å². The first-order valence-corrected chi connectivity index (χ1v) is 6.54. The summed E-state index contributed by atoms with van der Waals surface area (Å²) in [6.45, 7) is 1.90. The Labute approximate surface area is 99.0 Å². The predicted octanol–water partition coefficient (Wildman–Crippen LogP) is 1.53. The maximum atomic E-state index is 12.1. The van der Waals surface area contributed by atoms with Crippen LogP contribution >= 0.6 is 15.9 Å². The van der Waals surface area contributed by atoms with Gasteiger partial charge in [0.05, 0.1) is 0 Å². The van der Waals surface area contributed by atoms with Crippen molar-refractivity contribution >= 4 is 21.8 Å². The molecule has 2 fully saturated rings. The lowest BCUT2D eigenvalue weighted by Crippen LogP contribution is -2.51. The number of halogens is 1. The second kappa shape index (κ2) is 4.42. The molecule has 1 aliphatic heterocycles. The minimum atomic E-state index is -0.237. The zero-order chi connectivity index (χ0) is 10.9. The van der Waals surface area contributed by atoms with E-state index in [1.54, 1.807) is 0 Å². The number of alkyl halides is 1. The molecule has 0 bridgehead atoms. The highest BCUT2D eigenvalue weighted by Crippen LogP contribution is 2.42. The molecule has 1 amide bonds. The zero-order valence-electron chi connectivity index (χ0n) is 8.91. The number of aliphatic hydroxyl groups excluding tert-OH is 1. The van der Waals surface area contributed by atoms with Gasteiger partial charge in [0.25, 0.3) is 0 Å². The Morgan fingerprint density at radius 1 is 1.40 bits per heavy atom. The monoisotopic (exact) mass is 275 g/mol. The molecule has 0 unspecified atom stereocenters. The third-order valence-electron chi connectivity index (χ3n) is 3.69. The summed E-state index contributed by atoms with van der Waals surface area (Å²) in [5, 5.41) is 9.02. The molecule has 1 N–H and O–H groups in total.